The van der Waals surface area contributed by atoms with Crippen molar-refractivity contribution in [3.63, 3.8) is 0 Å². The third kappa shape index (κ3) is 6.00. The Balaban J connectivity index is 2.02. The van der Waals surface area contributed by atoms with E-state index in [0.29, 0.717) is 18.5 Å². The number of benzene rings is 1. The number of sulfonamides is 1. The van der Waals surface area contributed by atoms with Crippen LogP contribution in [0, 0.1) is 0 Å². The molecule has 1 heterocycles. The van der Waals surface area contributed by atoms with Crippen molar-refractivity contribution in [3.05, 3.63) is 35.4 Å². The molecule has 2 rings (SSSR count). The third-order valence-electron chi connectivity index (χ3n) is 4.17. The maximum Gasteiger partial charge on any atom is 0.416 e. The lowest BCUT2D eigenvalue weighted by Gasteiger charge is -2.36. The summed E-state index contributed by atoms with van der Waals surface area (Å²) in [6.07, 6.45) is -0.926. The van der Waals surface area contributed by atoms with Crippen LogP contribution in [0.5, 0.6) is 0 Å². The topological polar surface area (TPSA) is 66.5 Å². The number of nitrogens with zero attached hydrogens (tertiary/aromatic N) is 1. The summed E-state index contributed by atoms with van der Waals surface area (Å²) in [6.45, 7) is 0.674. The minimum atomic E-state index is -4.40. The van der Waals surface area contributed by atoms with Gasteiger partial charge in [-0.25, -0.2) is 13.1 Å². The number of carbonyl (C=O) groups is 1. The fourth-order valence-corrected chi connectivity index (χ4v) is 3.37. The fraction of sp³-hybridized carbons (Fsp3) is 0.562. The van der Waals surface area contributed by atoms with E-state index >= 15 is 0 Å². The van der Waals surface area contributed by atoms with Gasteiger partial charge in [-0.05, 0) is 37.0 Å². The molecule has 1 N–H and O–H groups in total. The molecule has 0 saturated carbocycles. The number of rotatable bonds is 5. The highest BCUT2D eigenvalue weighted by Gasteiger charge is 2.30. The summed E-state index contributed by atoms with van der Waals surface area (Å²) in [4.78, 5) is 14.1. The van der Waals surface area contributed by atoms with E-state index in [1.54, 1.807) is 4.90 Å². The minimum absolute atomic E-state index is 0.00644. The number of hydrogen-bond donors (Lipinski definition) is 1. The molecule has 9 heteroatoms. The lowest BCUT2D eigenvalue weighted by molar-refractivity contribution is -0.137. The number of halogens is 3. The van der Waals surface area contributed by atoms with E-state index in [2.05, 4.69) is 4.72 Å². The van der Waals surface area contributed by atoms with Crippen LogP contribution in [0.4, 0.5) is 13.2 Å². The summed E-state index contributed by atoms with van der Waals surface area (Å²) < 4.78 is 62.6. The highest BCUT2D eigenvalue weighted by molar-refractivity contribution is 7.88. The first-order chi connectivity index (χ1) is 11.6. The van der Waals surface area contributed by atoms with Crippen molar-refractivity contribution >= 4 is 15.9 Å². The zero-order valence-corrected chi connectivity index (χ0v) is 14.7. The number of likely N-dealkylation sites (tertiary alicyclic amines) is 1. The molecule has 1 aliphatic rings. The van der Waals surface area contributed by atoms with Crippen molar-refractivity contribution in [2.45, 2.75) is 37.9 Å². The van der Waals surface area contributed by atoms with Gasteiger partial charge >= 0.3 is 6.18 Å². The van der Waals surface area contributed by atoms with Gasteiger partial charge in [0.15, 0.2) is 0 Å². The van der Waals surface area contributed by atoms with Gasteiger partial charge in [0.05, 0.1) is 18.2 Å². The van der Waals surface area contributed by atoms with Crippen molar-refractivity contribution in [2.75, 3.05) is 19.3 Å². The van der Waals surface area contributed by atoms with E-state index in [0.717, 1.165) is 31.2 Å². The smallest absolute Gasteiger partial charge is 0.338 e. The largest absolute Gasteiger partial charge is 0.416 e. The van der Waals surface area contributed by atoms with Crippen molar-refractivity contribution < 1.29 is 26.4 Å². The Kier molecular flexibility index (Phi) is 6.10. The molecule has 0 spiro atoms. The first-order valence-electron chi connectivity index (χ1n) is 7.96. The summed E-state index contributed by atoms with van der Waals surface area (Å²) in [5, 5.41) is 0. The van der Waals surface area contributed by atoms with E-state index < -0.39 is 21.8 Å². The van der Waals surface area contributed by atoms with Crippen molar-refractivity contribution in [1.29, 1.82) is 0 Å². The van der Waals surface area contributed by atoms with Gasteiger partial charge in [0.2, 0.25) is 15.9 Å². The molecule has 0 bridgehead atoms. The molecule has 1 fully saturated rings. The third-order valence-corrected chi connectivity index (χ3v) is 4.86. The Hall–Kier alpha value is -1.61. The second-order valence-corrected chi connectivity index (χ2v) is 8.06. The van der Waals surface area contributed by atoms with Crippen LogP contribution >= 0.6 is 0 Å². The van der Waals surface area contributed by atoms with Crippen molar-refractivity contribution in [2.24, 2.45) is 0 Å². The number of nitrogens with one attached hydrogen (secondary N) is 1. The maximum atomic E-state index is 12.6. The highest BCUT2D eigenvalue weighted by Crippen LogP contribution is 2.29. The van der Waals surface area contributed by atoms with Crippen LogP contribution in [-0.2, 0) is 27.4 Å². The van der Waals surface area contributed by atoms with Gasteiger partial charge in [0, 0.05) is 19.1 Å². The highest BCUT2D eigenvalue weighted by atomic mass is 32.2. The van der Waals surface area contributed by atoms with E-state index in [-0.39, 0.29) is 24.9 Å². The zero-order valence-electron chi connectivity index (χ0n) is 13.8. The second-order valence-electron chi connectivity index (χ2n) is 6.23. The van der Waals surface area contributed by atoms with Crippen LogP contribution in [0.15, 0.2) is 24.3 Å². The molecule has 1 aromatic rings. The number of alkyl halides is 3. The summed E-state index contributed by atoms with van der Waals surface area (Å²) in [6, 6.07) is 4.29. The average Bonchev–Trinajstić information content (AvgIpc) is 2.52. The molecule has 0 aromatic heterocycles. The molecule has 1 amide bonds. The van der Waals surface area contributed by atoms with Crippen LogP contribution in [-0.4, -0.2) is 44.6 Å². The van der Waals surface area contributed by atoms with Crippen LogP contribution in [0.25, 0.3) is 0 Å². The predicted molar refractivity (Wildman–Crippen MR) is 87.3 cm³/mol. The normalized spacial score (nSPS) is 19.0. The lowest BCUT2D eigenvalue weighted by Crippen LogP contribution is -2.49. The van der Waals surface area contributed by atoms with Gasteiger partial charge in [0.25, 0.3) is 0 Å². The van der Waals surface area contributed by atoms with Gasteiger partial charge in [-0.2, -0.15) is 13.2 Å². The molecule has 1 saturated heterocycles. The van der Waals surface area contributed by atoms with Gasteiger partial charge in [-0.3, -0.25) is 4.79 Å². The number of carbonyl (C=O) groups excluding carboxylic acids is 1. The van der Waals surface area contributed by atoms with E-state index in [1.165, 1.54) is 12.1 Å². The quantitative estimate of drug-likeness (QED) is 0.854. The average molecular weight is 378 g/mol. The Morgan fingerprint density at radius 3 is 2.44 bits per heavy atom. The molecule has 5 nitrogen and oxygen atoms in total. The second kappa shape index (κ2) is 7.74. The summed E-state index contributed by atoms with van der Waals surface area (Å²) >= 11 is 0. The standard InChI is InChI=1S/C16H21F3N2O3S/c1-25(23,24)20-11-14-4-2-3-9-21(14)15(22)10-12-5-7-13(8-6-12)16(17,18)19/h5-8,14,20H,2-4,9-11H2,1H3/t14-/m0/s1. The molecule has 1 aromatic carbocycles. The zero-order chi connectivity index (χ0) is 18.7. The minimum Gasteiger partial charge on any atom is -0.338 e. The van der Waals surface area contributed by atoms with Gasteiger partial charge < -0.3 is 4.90 Å². The lowest BCUT2D eigenvalue weighted by atomic mass is 10.0. The molecule has 0 aliphatic carbocycles. The van der Waals surface area contributed by atoms with Gasteiger partial charge in [0.1, 0.15) is 0 Å². The van der Waals surface area contributed by atoms with Crippen LogP contribution < -0.4 is 4.72 Å². The monoisotopic (exact) mass is 378 g/mol. The van der Waals surface area contributed by atoms with Crippen molar-refractivity contribution in [3.8, 4) is 0 Å². The molecule has 25 heavy (non-hydrogen) atoms. The molecule has 1 aliphatic heterocycles. The van der Waals surface area contributed by atoms with Crippen LogP contribution in [0.2, 0.25) is 0 Å². The predicted octanol–water partition coefficient (Wildman–Crippen LogP) is 2.18. The number of amides is 1. The van der Waals surface area contributed by atoms with Crippen LogP contribution in [0.3, 0.4) is 0 Å². The summed E-state index contributed by atoms with van der Waals surface area (Å²) in [5.74, 6) is -0.209. The SMILES string of the molecule is CS(=O)(=O)NC[C@@H]1CCCCN1C(=O)Cc1ccc(C(F)(F)F)cc1. The first-order valence-corrected chi connectivity index (χ1v) is 9.85. The van der Waals surface area contributed by atoms with Crippen LogP contribution in [0.1, 0.15) is 30.4 Å². The Labute approximate surface area is 145 Å². The van der Waals surface area contributed by atoms with Crippen molar-refractivity contribution in [1.82, 2.24) is 9.62 Å². The maximum absolute atomic E-state index is 12.6. The molecule has 1 atom stereocenters. The number of piperidine rings is 1. The van der Waals surface area contributed by atoms with E-state index in [1.807, 2.05) is 0 Å². The Morgan fingerprint density at radius 2 is 1.88 bits per heavy atom. The van der Waals surface area contributed by atoms with E-state index in [9.17, 15) is 26.4 Å². The van der Waals surface area contributed by atoms with E-state index in [4.69, 9.17) is 0 Å². The Morgan fingerprint density at radius 1 is 1.24 bits per heavy atom. The fourth-order valence-electron chi connectivity index (χ4n) is 2.88. The Bertz CT molecular complexity index is 702. The number of hydrogen-bond acceptors (Lipinski definition) is 3. The summed E-state index contributed by atoms with van der Waals surface area (Å²) in [5.41, 5.74) is -0.254. The molecular formula is C16H21F3N2O3S. The van der Waals surface area contributed by atoms with Gasteiger partial charge in [-0.15, -0.1) is 0 Å². The summed E-state index contributed by atoms with van der Waals surface area (Å²) in [7, 11) is -3.34. The first kappa shape index (κ1) is 19.7. The molecule has 0 radical (unpaired) electrons. The molecular weight excluding hydrogens is 357 g/mol. The molecule has 0 unspecified atom stereocenters. The molecule has 140 valence electrons. The van der Waals surface area contributed by atoms with Gasteiger partial charge in [-0.1, -0.05) is 12.1 Å².